The molecule has 2 aliphatic rings. The number of hydrogen-bond donors (Lipinski definition) is 0. The van der Waals surface area contributed by atoms with E-state index in [-0.39, 0.29) is 39.8 Å². The van der Waals surface area contributed by atoms with E-state index in [1.54, 1.807) is 11.9 Å². The second-order valence-electron chi connectivity index (χ2n) is 7.36. The highest BCUT2D eigenvalue weighted by molar-refractivity contribution is 6.32. The standard InChI is InChI=1S/C18H20ClN5O4/c1-21-18(26)23(13-3-4-13)16(20-21)11-6-8-22(9-7-11)17(25)12-2-5-14(19)15(10-12)24(27)28/h2,5,10-11,13H,3-4,6-9H2,1H3. The van der Waals surface area contributed by atoms with Gasteiger partial charge in [0.2, 0.25) is 0 Å². The van der Waals surface area contributed by atoms with Gasteiger partial charge in [0.25, 0.3) is 11.6 Å². The number of amides is 1. The van der Waals surface area contributed by atoms with Crippen molar-refractivity contribution in [2.45, 2.75) is 37.6 Å². The van der Waals surface area contributed by atoms with Gasteiger partial charge in [-0.3, -0.25) is 19.5 Å². The number of nitro benzene ring substituents is 1. The van der Waals surface area contributed by atoms with E-state index >= 15 is 0 Å². The summed E-state index contributed by atoms with van der Waals surface area (Å²) >= 11 is 5.83. The Morgan fingerprint density at radius 3 is 2.54 bits per heavy atom. The molecule has 1 aromatic carbocycles. The van der Waals surface area contributed by atoms with Crippen LogP contribution in [0.2, 0.25) is 5.02 Å². The minimum Gasteiger partial charge on any atom is -0.339 e. The molecule has 10 heteroatoms. The number of likely N-dealkylation sites (tertiary alicyclic amines) is 1. The largest absolute Gasteiger partial charge is 0.345 e. The Labute approximate surface area is 165 Å². The van der Waals surface area contributed by atoms with Gasteiger partial charge in [-0.15, -0.1) is 0 Å². The fourth-order valence-corrected chi connectivity index (χ4v) is 3.95. The second-order valence-corrected chi connectivity index (χ2v) is 7.76. The molecule has 0 radical (unpaired) electrons. The van der Waals surface area contributed by atoms with Crippen LogP contribution in [-0.4, -0.2) is 43.2 Å². The molecular weight excluding hydrogens is 386 g/mol. The highest BCUT2D eigenvalue weighted by Crippen LogP contribution is 2.37. The third-order valence-electron chi connectivity index (χ3n) is 5.43. The molecule has 1 aromatic heterocycles. The normalized spacial score (nSPS) is 17.7. The quantitative estimate of drug-likeness (QED) is 0.574. The lowest BCUT2D eigenvalue weighted by molar-refractivity contribution is -0.384. The smallest absolute Gasteiger partial charge is 0.339 e. The third kappa shape index (κ3) is 3.30. The summed E-state index contributed by atoms with van der Waals surface area (Å²) in [5.41, 5.74) is -0.101. The van der Waals surface area contributed by atoms with Crippen molar-refractivity contribution in [2.24, 2.45) is 7.05 Å². The van der Waals surface area contributed by atoms with Crippen molar-refractivity contribution in [3.05, 3.63) is 55.2 Å². The molecule has 1 saturated heterocycles. The van der Waals surface area contributed by atoms with E-state index in [0.717, 1.165) is 18.7 Å². The molecule has 1 aliphatic heterocycles. The van der Waals surface area contributed by atoms with Crippen molar-refractivity contribution in [3.63, 3.8) is 0 Å². The lowest BCUT2D eigenvalue weighted by Crippen LogP contribution is -2.38. The van der Waals surface area contributed by atoms with E-state index in [1.807, 2.05) is 4.57 Å². The van der Waals surface area contributed by atoms with Gasteiger partial charge in [-0.05, 0) is 37.8 Å². The summed E-state index contributed by atoms with van der Waals surface area (Å²) in [6, 6.07) is 4.36. The van der Waals surface area contributed by atoms with Gasteiger partial charge in [-0.1, -0.05) is 11.6 Å². The monoisotopic (exact) mass is 405 g/mol. The van der Waals surface area contributed by atoms with Crippen LogP contribution in [0.25, 0.3) is 0 Å². The van der Waals surface area contributed by atoms with E-state index < -0.39 is 4.92 Å². The zero-order valence-electron chi connectivity index (χ0n) is 15.4. The zero-order valence-corrected chi connectivity index (χ0v) is 16.1. The van der Waals surface area contributed by atoms with Crippen molar-refractivity contribution in [3.8, 4) is 0 Å². The Hall–Kier alpha value is -2.68. The average molecular weight is 406 g/mol. The van der Waals surface area contributed by atoms with Gasteiger partial charge in [0.15, 0.2) is 0 Å². The second kappa shape index (κ2) is 7.05. The first-order valence-electron chi connectivity index (χ1n) is 9.25. The van der Waals surface area contributed by atoms with Crippen LogP contribution in [0.15, 0.2) is 23.0 Å². The summed E-state index contributed by atoms with van der Waals surface area (Å²) in [6.45, 7) is 1.02. The number of halogens is 1. The maximum absolute atomic E-state index is 12.8. The Bertz CT molecular complexity index is 1000. The number of nitrogens with zero attached hydrogens (tertiary/aromatic N) is 5. The number of aryl methyl sites for hydroxylation is 1. The van der Waals surface area contributed by atoms with E-state index in [0.29, 0.717) is 25.9 Å². The van der Waals surface area contributed by atoms with Crippen LogP contribution in [0.5, 0.6) is 0 Å². The molecule has 0 unspecified atom stereocenters. The van der Waals surface area contributed by atoms with E-state index in [1.165, 1.54) is 22.9 Å². The molecule has 9 nitrogen and oxygen atoms in total. The predicted molar refractivity (Wildman–Crippen MR) is 102 cm³/mol. The third-order valence-corrected chi connectivity index (χ3v) is 5.75. The lowest BCUT2D eigenvalue weighted by Gasteiger charge is -2.31. The Morgan fingerprint density at radius 1 is 1.25 bits per heavy atom. The minimum atomic E-state index is -0.594. The molecule has 2 fully saturated rings. The van der Waals surface area contributed by atoms with E-state index in [9.17, 15) is 19.7 Å². The van der Waals surface area contributed by atoms with Gasteiger partial charge >= 0.3 is 5.69 Å². The Kier molecular flexibility index (Phi) is 4.70. The molecule has 0 atom stereocenters. The molecule has 2 aromatic rings. The molecule has 1 amide bonds. The molecular formula is C18H20ClN5O4. The lowest BCUT2D eigenvalue weighted by atomic mass is 9.95. The zero-order chi connectivity index (χ0) is 20.0. The maximum atomic E-state index is 12.8. The number of aromatic nitrogens is 3. The molecule has 28 heavy (non-hydrogen) atoms. The summed E-state index contributed by atoms with van der Waals surface area (Å²) < 4.78 is 3.20. The van der Waals surface area contributed by atoms with Crippen LogP contribution < -0.4 is 5.69 Å². The van der Waals surface area contributed by atoms with Gasteiger partial charge in [0, 0.05) is 43.7 Å². The van der Waals surface area contributed by atoms with E-state index in [4.69, 9.17) is 11.6 Å². The number of piperidine rings is 1. The molecule has 1 aliphatic carbocycles. The molecule has 148 valence electrons. The fraction of sp³-hybridized carbons (Fsp3) is 0.500. The number of hydrogen-bond acceptors (Lipinski definition) is 5. The van der Waals surface area contributed by atoms with E-state index in [2.05, 4.69) is 5.10 Å². The summed E-state index contributed by atoms with van der Waals surface area (Å²) in [7, 11) is 1.66. The van der Waals surface area contributed by atoms with Crippen molar-refractivity contribution >= 4 is 23.2 Å². The average Bonchev–Trinajstić information content (AvgIpc) is 3.47. The summed E-state index contributed by atoms with van der Waals surface area (Å²) in [5.74, 6) is 0.682. The first-order chi connectivity index (χ1) is 13.4. The van der Waals surface area contributed by atoms with Gasteiger partial charge in [0.1, 0.15) is 10.8 Å². The molecule has 2 heterocycles. The number of rotatable bonds is 4. The number of carbonyl (C=O) groups excluding carboxylic acids is 1. The molecule has 4 rings (SSSR count). The van der Waals surface area contributed by atoms with Crippen LogP contribution in [0.3, 0.4) is 0 Å². The minimum absolute atomic E-state index is 0.00783. The topological polar surface area (TPSA) is 103 Å². The molecule has 0 spiro atoms. The van der Waals surface area contributed by atoms with Crippen LogP contribution in [0.1, 0.15) is 53.8 Å². The number of nitro groups is 1. The highest BCUT2D eigenvalue weighted by atomic mass is 35.5. The highest BCUT2D eigenvalue weighted by Gasteiger charge is 2.34. The SMILES string of the molecule is Cn1nc(C2CCN(C(=O)c3ccc(Cl)c([N+](=O)[O-])c3)CC2)n(C2CC2)c1=O. The van der Waals surface area contributed by atoms with Crippen molar-refractivity contribution in [1.29, 1.82) is 0 Å². The van der Waals surface area contributed by atoms with Crippen molar-refractivity contribution in [1.82, 2.24) is 19.2 Å². The van der Waals surface area contributed by atoms with Crippen LogP contribution >= 0.6 is 11.6 Å². The Morgan fingerprint density at radius 2 is 1.93 bits per heavy atom. The molecule has 0 bridgehead atoms. The van der Waals surface area contributed by atoms with Crippen LogP contribution in [0.4, 0.5) is 5.69 Å². The number of benzene rings is 1. The summed E-state index contributed by atoms with van der Waals surface area (Å²) in [4.78, 5) is 37.2. The first-order valence-corrected chi connectivity index (χ1v) is 9.63. The van der Waals surface area contributed by atoms with Gasteiger partial charge in [-0.2, -0.15) is 5.10 Å². The predicted octanol–water partition coefficient (Wildman–Crippen LogP) is 2.50. The van der Waals surface area contributed by atoms with Gasteiger partial charge in [-0.25, -0.2) is 9.48 Å². The first kappa shape index (κ1) is 18.7. The van der Waals surface area contributed by atoms with Crippen molar-refractivity contribution < 1.29 is 9.72 Å². The van der Waals surface area contributed by atoms with Crippen LogP contribution in [0, 0.1) is 10.1 Å². The fourth-order valence-electron chi connectivity index (χ4n) is 3.76. The molecule has 0 N–H and O–H groups in total. The Balaban J connectivity index is 1.48. The van der Waals surface area contributed by atoms with Crippen LogP contribution in [-0.2, 0) is 7.05 Å². The van der Waals surface area contributed by atoms with Crippen molar-refractivity contribution in [2.75, 3.05) is 13.1 Å². The molecule has 1 saturated carbocycles. The van der Waals surface area contributed by atoms with Gasteiger partial charge < -0.3 is 4.90 Å². The maximum Gasteiger partial charge on any atom is 0.345 e. The number of carbonyl (C=O) groups is 1. The summed E-state index contributed by atoms with van der Waals surface area (Å²) in [5, 5.41) is 15.5. The summed E-state index contributed by atoms with van der Waals surface area (Å²) in [6.07, 6.45) is 3.41. The van der Waals surface area contributed by atoms with Gasteiger partial charge in [0.05, 0.1) is 4.92 Å².